The SMILES string of the molecule is CC(C)N(C)CCCCn1c(=S)[nH]c2ccsc2c1=O. The zero-order chi connectivity index (χ0) is 14.7. The van der Waals surface area contributed by atoms with Gasteiger partial charge >= 0.3 is 0 Å². The second-order valence-corrected chi connectivity index (χ2v) is 6.63. The summed E-state index contributed by atoms with van der Waals surface area (Å²) in [4.78, 5) is 17.8. The van der Waals surface area contributed by atoms with Crippen molar-refractivity contribution in [3.8, 4) is 0 Å². The van der Waals surface area contributed by atoms with Crippen LogP contribution >= 0.6 is 23.6 Å². The standard InChI is InChI=1S/C14H21N3OS2/c1-10(2)16(3)7-4-5-8-17-13(18)12-11(6-9-20-12)15-14(17)19/h6,9-10H,4-5,7-8H2,1-3H3,(H,15,19). The molecule has 1 N–H and O–H groups in total. The maximum atomic E-state index is 12.3. The highest BCUT2D eigenvalue weighted by molar-refractivity contribution is 7.71. The van der Waals surface area contributed by atoms with E-state index in [0.29, 0.717) is 17.4 Å². The van der Waals surface area contributed by atoms with Crippen LogP contribution in [0.2, 0.25) is 0 Å². The average Bonchev–Trinajstić information content (AvgIpc) is 2.85. The quantitative estimate of drug-likeness (QED) is 0.658. The van der Waals surface area contributed by atoms with Gasteiger partial charge < -0.3 is 9.88 Å². The Morgan fingerprint density at radius 3 is 2.90 bits per heavy atom. The Morgan fingerprint density at radius 2 is 2.20 bits per heavy atom. The van der Waals surface area contributed by atoms with E-state index in [4.69, 9.17) is 12.2 Å². The molecule has 2 aromatic rings. The Hall–Kier alpha value is -0.980. The lowest BCUT2D eigenvalue weighted by Crippen LogP contribution is -2.28. The lowest BCUT2D eigenvalue weighted by Gasteiger charge is -2.20. The summed E-state index contributed by atoms with van der Waals surface area (Å²) in [6, 6.07) is 2.46. The molecule has 0 fully saturated rings. The van der Waals surface area contributed by atoms with Crippen molar-refractivity contribution in [2.24, 2.45) is 0 Å². The van der Waals surface area contributed by atoms with E-state index in [0.717, 1.165) is 29.6 Å². The summed E-state index contributed by atoms with van der Waals surface area (Å²) in [5, 5.41) is 1.92. The maximum absolute atomic E-state index is 12.3. The zero-order valence-electron chi connectivity index (χ0n) is 12.2. The van der Waals surface area contributed by atoms with Crippen LogP contribution in [-0.4, -0.2) is 34.1 Å². The Labute approximate surface area is 128 Å². The molecular formula is C14H21N3OS2. The molecule has 0 saturated carbocycles. The summed E-state index contributed by atoms with van der Waals surface area (Å²) >= 11 is 6.74. The number of H-pyrrole nitrogens is 1. The summed E-state index contributed by atoms with van der Waals surface area (Å²) in [5.74, 6) is 0. The first-order chi connectivity index (χ1) is 9.50. The van der Waals surface area contributed by atoms with Gasteiger partial charge in [0.2, 0.25) is 0 Å². The minimum absolute atomic E-state index is 0.0379. The summed E-state index contributed by atoms with van der Waals surface area (Å²) in [6.45, 7) is 6.11. The average molecular weight is 311 g/mol. The van der Waals surface area contributed by atoms with E-state index in [1.807, 2.05) is 11.4 Å². The van der Waals surface area contributed by atoms with Crippen molar-refractivity contribution in [1.82, 2.24) is 14.5 Å². The second kappa shape index (κ2) is 6.65. The first-order valence-corrected chi connectivity index (χ1v) is 8.20. The molecule has 0 aliphatic rings. The number of rotatable bonds is 6. The van der Waals surface area contributed by atoms with Gasteiger partial charge in [0, 0.05) is 12.6 Å². The lowest BCUT2D eigenvalue weighted by molar-refractivity contribution is 0.266. The molecule has 20 heavy (non-hydrogen) atoms. The number of unbranched alkanes of at least 4 members (excludes halogenated alkanes) is 1. The topological polar surface area (TPSA) is 41.0 Å². The molecular weight excluding hydrogens is 290 g/mol. The van der Waals surface area contributed by atoms with Crippen LogP contribution in [-0.2, 0) is 6.54 Å². The van der Waals surface area contributed by atoms with Crippen molar-refractivity contribution in [2.45, 2.75) is 39.3 Å². The number of hydrogen-bond acceptors (Lipinski definition) is 4. The van der Waals surface area contributed by atoms with Gasteiger partial charge in [0.05, 0.1) is 5.52 Å². The van der Waals surface area contributed by atoms with Crippen molar-refractivity contribution in [2.75, 3.05) is 13.6 Å². The highest BCUT2D eigenvalue weighted by Gasteiger charge is 2.07. The molecule has 0 amide bonds. The number of aromatic amines is 1. The van der Waals surface area contributed by atoms with Crippen molar-refractivity contribution >= 4 is 33.8 Å². The molecule has 0 aliphatic heterocycles. The summed E-state index contributed by atoms with van der Waals surface area (Å²) in [7, 11) is 2.13. The molecule has 6 heteroatoms. The van der Waals surface area contributed by atoms with Crippen LogP contribution in [0.3, 0.4) is 0 Å². The van der Waals surface area contributed by atoms with E-state index in [9.17, 15) is 4.79 Å². The first kappa shape index (κ1) is 15.4. The van der Waals surface area contributed by atoms with E-state index < -0.39 is 0 Å². The van der Waals surface area contributed by atoms with E-state index in [2.05, 4.69) is 30.8 Å². The Balaban J connectivity index is 2.03. The summed E-state index contributed by atoms with van der Waals surface area (Å²) in [5.41, 5.74) is 0.886. The van der Waals surface area contributed by atoms with Gasteiger partial charge in [-0.05, 0) is 63.9 Å². The van der Waals surface area contributed by atoms with Gasteiger partial charge in [0.1, 0.15) is 4.70 Å². The van der Waals surface area contributed by atoms with Gasteiger partial charge in [-0.15, -0.1) is 11.3 Å². The predicted molar refractivity (Wildman–Crippen MR) is 88.3 cm³/mol. The number of thiophene rings is 1. The van der Waals surface area contributed by atoms with Crippen molar-refractivity contribution in [3.63, 3.8) is 0 Å². The van der Waals surface area contributed by atoms with Gasteiger partial charge in [-0.2, -0.15) is 0 Å². The largest absolute Gasteiger partial charge is 0.331 e. The lowest BCUT2D eigenvalue weighted by atomic mass is 10.2. The molecule has 0 radical (unpaired) electrons. The number of fused-ring (bicyclic) bond motifs is 1. The smallest absolute Gasteiger partial charge is 0.272 e. The van der Waals surface area contributed by atoms with E-state index in [1.54, 1.807) is 4.57 Å². The number of hydrogen-bond donors (Lipinski definition) is 1. The van der Waals surface area contributed by atoms with E-state index in [-0.39, 0.29) is 5.56 Å². The third-order valence-corrected chi connectivity index (χ3v) is 4.84. The Bertz CT molecular complexity index is 684. The second-order valence-electron chi connectivity index (χ2n) is 5.33. The molecule has 2 heterocycles. The minimum Gasteiger partial charge on any atom is -0.331 e. The molecule has 2 aromatic heterocycles. The van der Waals surface area contributed by atoms with Crippen molar-refractivity contribution < 1.29 is 0 Å². The van der Waals surface area contributed by atoms with Crippen LogP contribution in [0.5, 0.6) is 0 Å². The third-order valence-electron chi connectivity index (χ3n) is 3.62. The Kier molecular flexibility index (Phi) is 5.12. The van der Waals surface area contributed by atoms with Crippen LogP contribution in [0, 0.1) is 4.77 Å². The van der Waals surface area contributed by atoms with Crippen LogP contribution in [0.15, 0.2) is 16.2 Å². The van der Waals surface area contributed by atoms with Crippen molar-refractivity contribution in [3.05, 3.63) is 26.6 Å². The fraction of sp³-hybridized carbons (Fsp3) is 0.571. The highest BCUT2D eigenvalue weighted by Crippen LogP contribution is 2.14. The van der Waals surface area contributed by atoms with Gasteiger partial charge in [0.15, 0.2) is 4.77 Å². The normalized spacial score (nSPS) is 11.8. The van der Waals surface area contributed by atoms with Gasteiger partial charge in [-0.1, -0.05) is 0 Å². The minimum atomic E-state index is 0.0379. The molecule has 0 aliphatic carbocycles. The number of aromatic nitrogens is 2. The summed E-state index contributed by atoms with van der Waals surface area (Å²) < 4.78 is 2.97. The van der Waals surface area contributed by atoms with Crippen LogP contribution in [0.1, 0.15) is 26.7 Å². The van der Waals surface area contributed by atoms with Gasteiger partial charge in [-0.25, -0.2) is 0 Å². The fourth-order valence-electron chi connectivity index (χ4n) is 2.06. The zero-order valence-corrected chi connectivity index (χ0v) is 13.8. The maximum Gasteiger partial charge on any atom is 0.272 e. The van der Waals surface area contributed by atoms with Crippen LogP contribution < -0.4 is 5.56 Å². The molecule has 110 valence electrons. The molecule has 0 spiro atoms. The van der Waals surface area contributed by atoms with Crippen LogP contribution in [0.4, 0.5) is 0 Å². The van der Waals surface area contributed by atoms with Gasteiger partial charge in [-0.3, -0.25) is 9.36 Å². The number of nitrogens with one attached hydrogen (secondary N) is 1. The van der Waals surface area contributed by atoms with Gasteiger partial charge in [0.25, 0.3) is 5.56 Å². The first-order valence-electron chi connectivity index (χ1n) is 6.91. The fourth-order valence-corrected chi connectivity index (χ4v) is 3.14. The van der Waals surface area contributed by atoms with Crippen molar-refractivity contribution in [1.29, 1.82) is 0 Å². The molecule has 0 bridgehead atoms. The molecule has 0 unspecified atom stereocenters. The monoisotopic (exact) mass is 311 g/mol. The number of nitrogens with zero attached hydrogens (tertiary/aromatic N) is 2. The molecule has 4 nitrogen and oxygen atoms in total. The third kappa shape index (κ3) is 3.37. The highest BCUT2D eigenvalue weighted by atomic mass is 32.1. The Morgan fingerprint density at radius 1 is 1.45 bits per heavy atom. The molecule has 2 rings (SSSR count). The van der Waals surface area contributed by atoms with Crippen LogP contribution in [0.25, 0.3) is 10.2 Å². The van der Waals surface area contributed by atoms with E-state index >= 15 is 0 Å². The predicted octanol–water partition coefficient (Wildman–Crippen LogP) is 3.24. The van der Waals surface area contributed by atoms with E-state index in [1.165, 1.54) is 11.3 Å². The molecule has 0 saturated heterocycles. The molecule has 0 atom stereocenters. The summed E-state index contributed by atoms with van der Waals surface area (Å²) in [6.07, 6.45) is 2.03. The molecule has 0 aromatic carbocycles.